The van der Waals surface area contributed by atoms with Gasteiger partial charge in [0.05, 0.1) is 11.6 Å². The number of hydrogen-bond donors (Lipinski definition) is 0. The number of halogens is 9. The highest BCUT2D eigenvalue weighted by molar-refractivity contribution is 9.10. The second-order valence-electron chi connectivity index (χ2n) is 5.13. The maximum atomic E-state index is 14.6. The third-order valence-corrected chi connectivity index (χ3v) is 4.14. The van der Waals surface area contributed by atoms with E-state index < -0.39 is 50.6 Å². The van der Waals surface area contributed by atoms with E-state index >= 15 is 0 Å². The predicted octanol–water partition coefficient (Wildman–Crippen LogP) is 6.42. The summed E-state index contributed by atoms with van der Waals surface area (Å²) < 4.78 is 107. The van der Waals surface area contributed by atoms with E-state index in [1.54, 1.807) is 0 Å². The summed E-state index contributed by atoms with van der Waals surface area (Å²) in [5.74, 6) is -1.16. The van der Waals surface area contributed by atoms with Crippen molar-refractivity contribution in [3.63, 3.8) is 0 Å². The zero-order valence-electron chi connectivity index (χ0n) is 12.3. The Morgan fingerprint density at radius 2 is 1.42 bits per heavy atom. The van der Waals surface area contributed by atoms with Gasteiger partial charge < -0.3 is 0 Å². The van der Waals surface area contributed by atoms with Crippen LogP contribution in [0.5, 0.6) is 0 Å². The van der Waals surface area contributed by atoms with Gasteiger partial charge in [-0.2, -0.15) is 31.6 Å². The molecule has 0 spiro atoms. The molecule has 0 N–H and O–H groups in total. The summed E-state index contributed by atoms with van der Waals surface area (Å²) in [6, 6.07) is 6.36. The molecule has 0 saturated heterocycles. The largest absolute Gasteiger partial charge is 0.435 e. The predicted molar refractivity (Wildman–Crippen MR) is 79.1 cm³/mol. The Hall–Kier alpha value is -2.15. The Kier molecular flexibility index (Phi) is 5.07. The molecule has 0 saturated carbocycles. The molecular formula is C16H6BrF8N. The molecule has 0 bridgehead atoms. The van der Waals surface area contributed by atoms with Crippen LogP contribution in [0.3, 0.4) is 0 Å². The van der Waals surface area contributed by atoms with Crippen molar-refractivity contribution >= 4 is 15.9 Å². The minimum atomic E-state index is -6.40. The van der Waals surface area contributed by atoms with Gasteiger partial charge in [-0.25, -0.2) is 8.78 Å². The molecule has 138 valence electrons. The summed E-state index contributed by atoms with van der Waals surface area (Å²) in [5, 5.41) is 8.84. The van der Waals surface area contributed by atoms with Crippen molar-refractivity contribution in [2.75, 3.05) is 0 Å². The molecule has 26 heavy (non-hydrogen) atoms. The van der Waals surface area contributed by atoms with Crippen molar-refractivity contribution in [1.82, 2.24) is 0 Å². The van der Waals surface area contributed by atoms with Crippen LogP contribution in [-0.2, 0) is 5.67 Å². The molecule has 1 nitrogen and oxygen atoms in total. The van der Waals surface area contributed by atoms with Crippen LogP contribution in [-0.4, -0.2) is 12.4 Å². The Balaban J connectivity index is 3.02. The number of rotatable bonds is 2. The van der Waals surface area contributed by atoms with Crippen LogP contribution in [0.15, 0.2) is 40.9 Å². The molecule has 0 amide bonds. The number of nitriles is 1. The van der Waals surface area contributed by atoms with Gasteiger partial charge in [-0.15, -0.1) is 0 Å². The average molecular weight is 444 g/mol. The summed E-state index contributed by atoms with van der Waals surface area (Å²) in [4.78, 5) is 0. The van der Waals surface area contributed by atoms with E-state index in [9.17, 15) is 35.1 Å². The SMILES string of the molecule is N#Cc1cc(Br)c(-c2ccccc2F)c(C(F)(C(F)(F)F)C(F)(F)F)c1. The van der Waals surface area contributed by atoms with Gasteiger partial charge in [0.25, 0.3) is 0 Å². The minimum Gasteiger partial charge on any atom is -0.218 e. The van der Waals surface area contributed by atoms with Crippen molar-refractivity contribution < 1.29 is 35.1 Å². The van der Waals surface area contributed by atoms with Crippen molar-refractivity contribution in [1.29, 1.82) is 5.26 Å². The fraction of sp³-hybridized carbons (Fsp3) is 0.188. The first-order valence-electron chi connectivity index (χ1n) is 6.66. The Morgan fingerprint density at radius 1 is 0.885 bits per heavy atom. The van der Waals surface area contributed by atoms with Crippen molar-refractivity contribution in [2.24, 2.45) is 0 Å². The Morgan fingerprint density at radius 3 is 1.88 bits per heavy atom. The van der Waals surface area contributed by atoms with Crippen molar-refractivity contribution in [2.45, 2.75) is 18.0 Å². The second-order valence-corrected chi connectivity index (χ2v) is 5.98. The Bertz CT molecular complexity index is 865. The molecule has 0 aliphatic carbocycles. The van der Waals surface area contributed by atoms with E-state index in [0.717, 1.165) is 30.3 Å². The highest BCUT2D eigenvalue weighted by atomic mass is 79.9. The molecule has 10 heteroatoms. The fourth-order valence-corrected chi connectivity index (χ4v) is 3.02. The lowest BCUT2D eigenvalue weighted by Gasteiger charge is -2.32. The monoisotopic (exact) mass is 443 g/mol. The van der Waals surface area contributed by atoms with Crippen molar-refractivity contribution in [3.8, 4) is 17.2 Å². The van der Waals surface area contributed by atoms with Gasteiger partial charge in [0.1, 0.15) is 5.82 Å². The lowest BCUT2D eigenvalue weighted by molar-refractivity contribution is -0.348. The molecule has 0 aliphatic rings. The third kappa shape index (κ3) is 3.16. The molecule has 2 rings (SSSR count). The van der Waals surface area contributed by atoms with Gasteiger partial charge in [0.2, 0.25) is 0 Å². The van der Waals surface area contributed by atoms with Gasteiger partial charge in [-0.05, 0) is 18.2 Å². The molecule has 0 radical (unpaired) electrons. The van der Waals surface area contributed by atoms with Crippen LogP contribution in [0, 0.1) is 17.1 Å². The highest BCUT2D eigenvalue weighted by Gasteiger charge is 2.74. The molecule has 0 aliphatic heterocycles. The van der Waals surface area contributed by atoms with Crippen LogP contribution in [0.25, 0.3) is 11.1 Å². The lowest BCUT2D eigenvalue weighted by atomic mass is 9.85. The van der Waals surface area contributed by atoms with E-state index in [1.165, 1.54) is 6.07 Å². The van der Waals surface area contributed by atoms with Gasteiger partial charge in [0.15, 0.2) is 0 Å². The quantitative estimate of drug-likeness (QED) is 0.491. The number of nitrogens with zero attached hydrogens (tertiary/aromatic N) is 1. The van der Waals surface area contributed by atoms with Crippen LogP contribution >= 0.6 is 15.9 Å². The van der Waals surface area contributed by atoms with Crippen LogP contribution in [0.2, 0.25) is 0 Å². The molecule has 0 unspecified atom stereocenters. The third-order valence-electron chi connectivity index (χ3n) is 3.51. The average Bonchev–Trinajstić information content (AvgIpc) is 2.52. The van der Waals surface area contributed by atoms with Crippen LogP contribution in [0.1, 0.15) is 11.1 Å². The lowest BCUT2D eigenvalue weighted by Crippen LogP contribution is -2.50. The maximum absolute atomic E-state index is 14.6. The second kappa shape index (κ2) is 6.54. The normalized spacial score (nSPS) is 12.8. The molecule has 2 aromatic carbocycles. The maximum Gasteiger partial charge on any atom is 0.435 e. The molecule has 2 aromatic rings. The van der Waals surface area contributed by atoms with Gasteiger partial charge in [-0.1, -0.05) is 34.1 Å². The van der Waals surface area contributed by atoms with Gasteiger partial charge in [0, 0.05) is 21.2 Å². The fourth-order valence-electron chi connectivity index (χ4n) is 2.35. The molecule has 0 fully saturated rings. The number of alkyl halides is 7. The van der Waals surface area contributed by atoms with Gasteiger partial charge >= 0.3 is 18.0 Å². The first-order valence-corrected chi connectivity index (χ1v) is 7.45. The summed E-state index contributed by atoms with van der Waals surface area (Å²) in [6.45, 7) is 0. The van der Waals surface area contributed by atoms with Gasteiger partial charge in [-0.3, -0.25) is 0 Å². The number of benzene rings is 2. The van der Waals surface area contributed by atoms with E-state index in [2.05, 4.69) is 15.9 Å². The molecular weight excluding hydrogens is 438 g/mol. The van der Waals surface area contributed by atoms with Crippen LogP contribution in [0.4, 0.5) is 35.1 Å². The summed E-state index contributed by atoms with van der Waals surface area (Å²) in [7, 11) is 0. The first-order chi connectivity index (χ1) is 11.8. The first kappa shape index (κ1) is 20.2. The van der Waals surface area contributed by atoms with E-state index in [4.69, 9.17) is 5.26 Å². The summed E-state index contributed by atoms with van der Waals surface area (Å²) in [6.07, 6.45) is -12.8. The molecule has 0 aromatic heterocycles. The van der Waals surface area contributed by atoms with E-state index in [0.29, 0.717) is 0 Å². The highest BCUT2D eigenvalue weighted by Crippen LogP contribution is 2.56. The van der Waals surface area contributed by atoms with Crippen molar-refractivity contribution in [3.05, 3.63) is 57.8 Å². The van der Waals surface area contributed by atoms with E-state index in [1.807, 2.05) is 0 Å². The standard InChI is InChI=1S/C16H6BrF8N/c17-11-6-8(7-26)5-10(13(11)9-3-1-2-4-12(9)18)14(19,15(20,21)22)16(23,24)25/h1-6H. The zero-order chi connectivity index (χ0) is 19.9. The molecule has 0 atom stereocenters. The summed E-state index contributed by atoms with van der Waals surface area (Å²) >= 11 is 2.72. The Labute approximate surface area is 150 Å². The van der Waals surface area contributed by atoms with Crippen LogP contribution < -0.4 is 0 Å². The minimum absolute atomic E-state index is 0.119. The smallest absolute Gasteiger partial charge is 0.218 e. The topological polar surface area (TPSA) is 23.8 Å². The molecule has 0 heterocycles. The van der Waals surface area contributed by atoms with E-state index in [-0.39, 0.29) is 6.07 Å². The zero-order valence-corrected chi connectivity index (χ0v) is 13.9. The summed E-state index contributed by atoms with van der Waals surface area (Å²) in [5.41, 5.74) is -10.1. The number of hydrogen-bond acceptors (Lipinski definition) is 1.